The van der Waals surface area contributed by atoms with Crippen molar-refractivity contribution in [1.82, 2.24) is 25.0 Å². The first-order valence-electron chi connectivity index (χ1n) is 10.2. The third-order valence-electron chi connectivity index (χ3n) is 4.96. The number of para-hydroxylation sites is 1. The van der Waals surface area contributed by atoms with Crippen LogP contribution in [0.15, 0.2) is 59.6 Å². The van der Waals surface area contributed by atoms with Crippen LogP contribution in [0.4, 0.5) is 0 Å². The molecule has 0 saturated carbocycles. The number of nitrogens with one attached hydrogen (secondary N) is 1. The van der Waals surface area contributed by atoms with E-state index in [2.05, 4.69) is 20.4 Å². The van der Waals surface area contributed by atoms with Gasteiger partial charge in [0.1, 0.15) is 23.9 Å². The monoisotopic (exact) mass is 422 g/mol. The van der Waals surface area contributed by atoms with Crippen LogP contribution in [0.1, 0.15) is 17.2 Å². The number of likely N-dealkylation sites (N-methyl/N-ethyl adjacent to an activating group) is 1. The lowest BCUT2D eigenvalue weighted by atomic mass is 10.2. The molecule has 0 fully saturated rings. The molecule has 8 nitrogen and oxygen atoms in total. The second-order valence-electron chi connectivity index (χ2n) is 7.15. The van der Waals surface area contributed by atoms with Crippen molar-refractivity contribution in [3.05, 3.63) is 71.8 Å². The van der Waals surface area contributed by atoms with E-state index in [1.807, 2.05) is 80.2 Å². The number of rotatable bonds is 9. The number of aromatic nitrogens is 3. The molecule has 31 heavy (non-hydrogen) atoms. The van der Waals surface area contributed by atoms with Crippen molar-refractivity contribution in [2.75, 3.05) is 27.3 Å². The maximum Gasteiger partial charge on any atom is 0.194 e. The number of methoxy groups -OCH3 is 1. The highest BCUT2D eigenvalue weighted by atomic mass is 16.5. The summed E-state index contributed by atoms with van der Waals surface area (Å²) in [6.07, 6.45) is 0. The number of hydrogen-bond donors (Lipinski definition) is 1. The molecular weight excluding hydrogens is 392 g/mol. The molecule has 3 aromatic rings. The fourth-order valence-corrected chi connectivity index (χ4v) is 2.89. The van der Waals surface area contributed by atoms with Crippen LogP contribution in [-0.4, -0.2) is 52.9 Å². The largest absolute Gasteiger partial charge is 0.497 e. The molecule has 0 aliphatic carbocycles. The van der Waals surface area contributed by atoms with E-state index in [-0.39, 0.29) is 0 Å². The van der Waals surface area contributed by atoms with Crippen LogP contribution in [0, 0.1) is 6.92 Å². The smallest absolute Gasteiger partial charge is 0.194 e. The van der Waals surface area contributed by atoms with Gasteiger partial charge in [-0.2, -0.15) is 0 Å². The third kappa shape index (κ3) is 6.47. The Hall–Kier alpha value is -3.55. The highest BCUT2D eigenvalue weighted by molar-refractivity contribution is 5.79. The second-order valence-corrected chi connectivity index (χ2v) is 7.15. The van der Waals surface area contributed by atoms with Crippen molar-refractivity contribution >= 4 is 5.96 Å². The van der Waals surface area contributed by atoms with Crippen LogP contribution in [0.25, 0.3) is 0 Å². The lowest BCUT2D eigenvalue weighted by Crippen LogP contribution is -2.41. The van der Waals surface area contributed by atoms with Crippen molar-refractivity contribution in [3.63, 3.8) is 0 Å². The molecule has 1 heterocycles. The summed E-state index contributed by atoms with van der Waals surface area (Å²) in [4.78, 5) is 6.86. The molecule has 0 atom stereocenters. The Morgan fingerprint density at radius 2 is 1.81 bits per heavy atom. The number of nitrogens with zero attached hydrogens (tertiary/aromatic N) is 5. The molecule has 0 aliphatic rings. The topological polar surface area (TPSA) is 76.8 Å². The molecule has 8 heteroatoms. The Kier molecular flexibility index (Phi) is 7.86. The molecule has 164 valence electrons. The first kappa shape index (κ1) is 22.1. The first-order chi connectivity index (χ1) is 15.1. The van der Waals surface area contributed by atoms with E-state index in [1.165, 1.54) is 0 Å². The molecule has 3 rings (SSSR count). The van der Waals surface area contributed by atoms with Crippen LogP contribution in [0.2, 0.25) is 0 Å². The molecule has 0 radical (unpaired) electrons. The van der Waals surface area contributed by atoms with Crippen LogP contribution < -0.4 is 14.8 Å². The summed E-state index contributed by atoms with van der Waals surface area (Å²) in [6, 6.07) is 17.7. The zero-order valence-electron chi connectivity index (χ0n) is 18.6. The van der Waals surface area contributed by atoms with Crippen LogP contribution in [-0.2, 0) is 20.1 Å². The number of guanidine groups is 1. The van der Waals surface area contributed by atoms with Crippen molar-refractivity contribution < 1.29 is 9.47 Å². The summed E-state index contributed by atoms with van der Waals surface area (Å²) < 4.78 is 13.0. The zero-order valence-corrected chi connectivity index (χ0v) is 18.6. The summed E-state index contributed by atoms with van der Waals surface area (Å²) >= 11 is 0. The standard InChI is InChI=1S/C23H30N6O2/c1-18-26-27-22(29(18)3)17-25-23(24-16-19-10-12-20(30-4)13-11-19)28(2)14-15-31-21-8-6-5-7-9-21/h5-13H,14-17H2,1-4H3,(H,24,25). The fourth-order valence-electron chi connectivity index (χ4n) is 2.89. The van der Waals surface area contributed by atoms with Gasteiger partial charge in [-0.15, -0.1) is 10.2 Å². The second kappa shape index (κ2) is 11.0. The summed E-state index contributed by atoms with van der Waals surface area (Å²) in [5.74, 6) is 4.18. The van der Waals surface area contributed by atoms with Gasteiger partial charge in [0.15, 0.2) is 11.8 Å². The lowest BCUT2D eigenvalue weighted by Gasteiger charge is -2.22. The quantitative estimate of drug-likeness (QED) is 0.422. The summed E-state index contributed by atoms with van der Waals surface area (Å²) in [6.45, 7) is 4.24. The van der Waals surface area contributed by atoms with Gasteiger partial charge in [-0.3, -0.25) is 0 Å². The van der Waals surface area contributed by atoms with Crippen molar-refractivity contribution in [2.45, 2.75) is 20.0 Å². The SMILES string of the molecule is COc1ccc(CN=C(NCc2nnc(C)n2C)N(C)CCOc2ccccc2)cc1. The summed E-state index contributed by atoms with van der Waals surface area (Å²) in [7, 11) is 5.61. The predicted octanol–water partition coefficient (Wildman–Crippen LogP) is 2.79. The summed E-state index contributed by atoms with van der Waals surface area (Å²) in [5, 5.41) is 11.7. The number of ether oxygens (including phenoxy) is 2. The molecule has 0 amide bonds. The molecule has 0 saturated heterocycles. The van der Waals surface area contributed by atoms with Crippen LogP contribution in [0.3, 0.4) is 0 Å². The van der Waals surface area contributed by atoms with Crippen molar-refractivity contribution in [3.8, 4) is 11.5 Å². The normalized spacial score (nSPS) is 11.3. The number of hydrogen-bond acceptors (Lipinski definition) is 5. The number of benzene rings is 2. The van der Waals surface area contributed by atoms with E-state index in [1.54, 1.807) is 7.11 Å². The number of aliphatic imine (C=N–C) groups is 1. The van der Waals surface area contributed by atoms with Crippen LogP contribution in [0.5, 0.6) is 11.5 Å². The van der Waals surface area contributed by atoms with Gasteiger partial charge in [-0.1, -0.05) is 30.3 Å². The molecule has 1 N–H and O–H groups in total. The van der Waals surface area contributed by atoms with Gasteiger partial charge in [0.05, 0.1) is 26.7 Å². The number of aryl methyl sites for hydroxylation is 1. The molecule has 2 aromatic carbocycles. The first-order valence-corrected chi connectivity index (χ1v) is 10.2. The maximum atomic E-state index is 5.84. The Balaban J connectivity index is 1.64. The molecule has 0 unspecified atom stereocenters. The van der Waals surface area contributed by atoms with Gasteiger partial charge >= 0.3 is 0 Å². The average Bonchev–Trinajstić information content (AvgIpc) is 3.12. The molecule has 0 aliphatic heterocycles. The minimum atomic E-state index is 0.530. The predicted molar refractivity (Wildman–Crippen MR) is 121 cm³/mol. The zero-order chi connectivity index (χ0) is 22.1. The van der Waals surface area contributed by atoms with Crippen LogP contribution >= 0.6 is 0 Å². The highest BCUT2D eigenvalue weighted by Gasteiger charge is 2.10. The summed E-state index contributed by atoms with van der Waals surface area (Å²) in [5.41, 5.74) is 1.10. The Labute approximate surface area is 183 Å². The van der Waals surface area contributed by atoms with Gasteiger partial charge < -0.3 is 24.3 Å². The Bertz CT molecular complexity index is 969. The third-order valence-corrected chi connectivity index (χ3v) is 4.96. The van der Waals surface area contributed by atoms with E-state index in [9.17, 15) is 0 Å². The van der Waals surface area contributed by atoms with Crippen molar-refractivity contribution in [1.29, 1.82) is 0 Å². The average molecular weight is 423 g/mol. The van der Waals surface area contributed by atoms with Crippen molar-refractivity contribution in [2.24, 2.45) is 12.0 Å². The van der Waals surface area contributed by atoms with E-state index in [4.69, 9.17) is 14.5 Å². The lowest BCUT2D eigenvalue weighted by molar-refractivity contribution is 0.281. The molecule has 1 aromatic heterocycles. The van der Waals surface area contributed by atoms with E-state index >= 15 is 0 Å². The maximum absolute atomic E-state index is 5.84. The minimum absolute atomic E-state index is 0.530. The molecular formula is C23H30N6O2. The van der Waals surface area contributed by atoms with Gasteiger partial charge in [0.2, 0.25) is 0 Å². The molecule has 0 spiro atoms. The van der Waals surface area contributed by atoms with Gasteiger partial charge in [-0.05, 0) is 36.8 Å². The van der Waals surface area contributed by atoms with E-state index in [0.29, 0.717) is 26.2 Å². The van der Waals surface area contributed by atoms with Gasteiger partial charge in [0, 0.05) is 14.1 Å². The minimum Gasteiger partial charge on any atom is -0.497 e. The van der Waals surface area contributed by atoms with Gasteiger partial charge in [0.25, 0.3) is 0 Å². The van der Waals surface area contributed by atoms with E-state index < -0.39 is 0 Å². The fraction of sp³-hybridized carbons (Fsp3) is 0.348. The Morgan fingerprint density at radius 1 is 1.06 bits per heavy atom. The van der Waals surface area contributed by atoms with E-state index in [0.717, 1.165) is 34.7 Å². The van der Waals surface area contributed by atoms with Gasteiger partial charge in [-0.25, -0.2) is 4.99 Å². The highest BCUT2D eigenvalue weighted by Crippen LogP contribution is 2.12. The Morgan fingerprint density at radius 3 is 2.45 bits per heavy atom. The molecule has 0 bridgehead atoms.